The van der Waals surface area contributed by atoms with Crippen LogP contribution in [0.25, 0.3) is 0 Å². The molecular formula is C16H28N2O2S. The highest BCUT2D eigenvalue weighted by molar-refractivity contribution is 7.89. The summed E-state index contributed by atoms with van der Waals surface area (Å²) in [7, 11) is -3.38. The summed E-state index contributed by atoms with van der Waals surface area (Å²) in [4.78, 5) is 0.344. The number of benzene rings is 1. The predicted molar refractivity (Wildman–Crippen MR) is 88.0 cm³/mol. The Kier molecular flexibility index (Phi) is 7.93. The minimum Gasteiger partial charge on any atom is -0.316 e. The van der Waals surface area contributed by atoms with Gasteiger partial charge < -0.3 is 5.32 Å². The maximum Gasteiger partial charge on any atom is 0.240 e. The summed E-state index contributed by atoms with van der Waals surface area (Å²) >= 11 is 0. The first-order valence-electron chi connectivity index (χ1n) is 7.79. The van der Waals surface area contributed by atoms with Crippen molar-refractivity contribution in [3.63, 3.8) is 0 Å². The summed E-state index contributed by atoms with van der Waals surface area (Å²) in [6.07, 6.45) is 3.01. The van der Waals surface area contributed by atoms with Crippen LogP contribution >= 0.6 is 0 Å². The molecule has 0 fully saturated rings. The smallest absolute Gasteiger partial charge is 0.240 e. The van der Waals surface area contributed by atoms with Gasteiger partial charge in [-0.2, -0.15) is 0 Å². The topological polar surface area (TPSA) is 58.2 Å². The van der Waals surface area contributed by atoms with E-state index in [4.69, 9.17) is 0 Å². The number of hydrogen-bond donors (Lipinski definition) is 2. The van der Waals surface area contributed by atoms with E-state index in [2.05, 4.69) is 23.9 Å². The Morgan fingerprint density at radius 1 is 1.10 bits per heavy atom. The van der Waals surface area contributed by atoms with Crippen molar-refractivity contribution in [2.24, 2.45) is 5.92 Å². The molecule has 0 aliphatic rings. The number of rotatable bonds is 10. The second kappa shape index (κ2) is 9.18. The normalized spacial score (nSPS) is 13.3. The van der Waals surface area contributed by atoms with Crippen LogP contribution in [-0.2, 0) is 16.4 Å². The van der Waals surface area contributed by atoms with Crippen LogP contribution in [0.1, 0.15) is 39.2 Å². The lowest BCUT2D eigenvalue weighted by molar-refractivity contribution is 0.528. The van der Waals surface area contributed by atoms with Gasteiger partial charge in [-0.3, -0.25) is 0 Å². The van der Waals surface area contributed by atoms with Gasteiger partial charge in [0.2, 0.25) is 10.0 Å². The standard InChI is InChI=1S/C16H28N2O2S/c1-4-11-17-12-10-15-6-8-16(9-7-15)21(19,20)18-13-14(3)5-2/h6-9,14,17-18H,4-5,10-13H2,1-3H3. The number of hydrogen-bond acceptors (Lipinski definition) is 3. The molecule has 0 bridgehead atoms. The summed E-state index contributed by atoms with van der Waals surface area (Å²) < 4.78 is 26.9. The Labute approximate surface area is 129 Å². The largest absolute Gasteiger partial charge is 0.316 e. The Bertz CT molecular complexity index is 498. The first-order chi connectivity index (χ1) is 9.99. The average Bonchev–Trinajstić information content (AvgIpc) is 2.50. The maximum absolute atomic E-state index is 12.1. The van der Waals surface area contributed by atoms with Gasteiger partial charge in [-0.15, -0.1) is 0 Å². The van der Waals surface area contributed by atoms with Gasteiger partial charge in [-0.25, -0.2) is 13.1 Å². The van der Waals surface area contributed by atoms with E-state index < -0.39 is 10.0 Å². The fourth-order valence-corrected chi connectivity index (χ4v) is 3.01. The molecule has 0 saturated carbocycles. The zero-order valence-electron chi connectivity index (χ0n) is 13.4. The molecule has 2 N–H and O–H groups in total. The van der Waals surface area contributed by atoms with E-state index >= 15 is 0 Å². The quantitative estimate of drug-likeness (QED) is 0.653. The first kappa shape index (κ1) is 18.1. The molecule has 0 heterocycles. The average molecular weight is 312 g/mol. The molecule has 0 aliphatic heterocycles. The molecule has 0 spiro atoms. The molecule has 0 aromatic heterocycles. The van der Waals surface area contributed by atoms with Gasteiger partial charge in [-0.1, -0.05) is 39.3 Å². The van der Waals surface area contributed by atoms with Crippen molar-refractivity contribution in [1.29, 1.82) is 0 Å². The van der Waals surface area contributed by atoms with E-state index in [1.807, 2.05) is 19.1 Å². The van der Waals surface area contributed by atoms with Crippen LogP contribution < -0.4 is 10.0 Å². The monoisotopic (exact) mass is 312 g/mol. The molecular weight excluding hydrogens is 284 g/mol. The van der Waals surface area contributed by atoms with E-state index in [-0.39, 0.29) is 0 Å². The zero-order chi connectivity index (χ0) is 15.7. The van der Waals surface area contributed by atoms with Crippen LogP contribution in [0.15, 0.2) is 29.2 Å². The number of nitrogens with one attached hydrogen (secondary N) is 2. The van der Waals surface area contributed by atoms with Gasteiger partial charge in [0.05, 0.1) is 4.90 Å². The highest BCUT2D eigenvalue weighted by Gasteiger charge is 2.14. The van der Waals surface area contributed by atoms with E-state index in [0.29, 0.717) is 17.4 Å². The maximum atomic E-state index is 12.1. The van der Waals surface area contributed by atoms with Crippen LogP contribution in [0, 0.1) is 5.92 Å². The predicted octanol–water partition coefficient (Wildman–Crippen LogP) is 2.55. The SMILES string of the molecule is CCCNCCc1ccc(S(=O)(=O)NCC(C)CC)cc1. The Balaban J connectivity index is 2.56. The molecule has 1 atom stereocenters. The Morgan fingerprint density at radius 2 is 1.76 bits per heavy atom. The summed E-state index contributed by atoms with van der Waals surface area (Å²) in [6.45, 7) is 8.66. The lowest BCUT2D eigenvalue weighted by atomic mass is 10.1. The minimum absolute atomic E-state index is 0.344. The molecule has 5 heteroatoms. The highest BCUT2D eigenvalue weighted by Crippen LogP contribution is 2.11. The van der Waals surface area contributed by atoms with Crippen molar-refractivity contribution in [2.75, 3.05) is 19.6 Å². The fraction of sp³-hybridized carbons (Fsp3) is 0.625. The van der Waals surface area contributed by atoms with Gasteiger partial charge in [0, 0.05) is 6.54 Å². The van der Waals surface area contributed by atoms with Gasteiger partial charge in [0.1, 0.15) is 0 Å². The van der Waals surface area contributed by atoms with Crippen molar-refractivity contribution in [2.45, 2.75) is 44.9 Å². The van der Waals surface area contributed by atoms with Crippen LogP contribution in [0.4, 0.5) is 0 Å². The van der Waals surface area contributed by atoms with E-state index in [1.54, 1.807) is 12.1 Å². The van der Waals surface area contributed by atoms with Gasteiger partial charge >= 0.3 is 0 Å². The van der Waals surface area contributed by atoms with Gasteiger partial charge in [0.25, 0.3) is 0 Å². The molecule has 0 aliphatic carbocycles. The summed E-state index contributed by atoms with van der Waals surface area (Å²) in [5, 5.41) is 3.34. The third-order valence-corrected chi connectivity index (χ3v) is 5.01. The van der Waals surface area contributed by atoms with E-state index in [9.17, 15) is 8.42 Å². The van der Waals surface area contributed by atoms with Gasteiger partial charge in [0.15, 0.2) is 0 Å². The van der Waals surface area contributed by atoms with Crippen molar-refractivity contribution in [3.05, 3.63) is 29.8 Å². The molecule has 120 valence electrons. The fourth-order valence-electron chi connectivity index (χ4n) is 1.85. The molecule has 1 aromatic carbocycles. The van der Waals surface area contributed by atoms with Crippen molar-refractivity contribution in [1.82, 2.24) is 10.0 Å². The molecule has 1 aromatic rings. The molecule has 0 radical (unpaired) electrons. The second-order valence-electron chi connectivity index (χ2n) is 5.51. The van der Waals surface area contributed by atoms with E-state index in [0.717, 1.165) is 37.9 Å². The molecule has 0 saturated heterocycles. The van der Waals surface area contributed by atoms with Crippen molar-refractivity contribution >= 4 is 10.0 Å². The lowest BCUT2D eigenvalue weighted by Gasteiger charge is -2.11. The summed E-state index contributed by atoms with van der Waals surface area (Å²) in [6, 6.07) is 7.17. The van der Waals surface area contributed by atoms with Crippen LogP contribution in [0.3, 0.4) is 0 Å². The Morgan fingerprint density at radius 3 is 2.33 bits per heavy atom. The molecule has 0 amide bonds. The lowest BCUT2D eigenvalue weighted by Crippen LogP contribution is -2.28. The zero-order valence-corrected chi connectivity index (χ0v) is 14.2. The Hall–Kier alpha value is -0.910. The summed E-state index contributed by atoms with van der Waals surface area (Å²) in [5.74, 6) is 0.351. The molecule has 4 nitrogen and oxygen atoms in total. The molecule has 1 rings (SSSR count). The number of sulfonamides is 1. The van der Waals surface area contributed by atoms with Crippen LogP contribution in [0.2, 0.25) is 0 Å². The van der Waals surface area contributed by atoms with Crippen molar-refractivity contribution in [3.8, 4) is 0 Å². The molecule has 21 heavy (non-hydrogen) atoms. The van der Waals surface area contributed by atoms with Gasteiger partial charge in [-0.05, 0) is 49.5 Å². The van der Waals surface area contributed by atoms with Crippen LogP contribution in [0.5, 0.6) is 0 Å². The summed E-state index contributed by atoms with van der Waals surface area (Å²) in [5.41, 5.74) is 1.15. The third kappa shape index (κ3) is 6.59. The van der Waals surface area contributed by atoms with Crippen LogP contribution in [-0.4, -0.2) is 28.1 Å². The van der Waals surface area contributed by atoms with Crippen molar-refractivity contribution < 1.29 is 8.42 Å². The highest BCUT2D eigenvalue weighted by atomic mass is 32.2. The first-order valence-corrected chi connectivity index (χ1v) is 9.27. The van der Waals surface area contributed by atoms with E-state index in [1.165, 1.54) is 0 Å². The second-order valence-corrected chi connectivity index (χ2v) is 7.28. The minimum atomic E-state index is -3.38. The third-order valence-electron chi connectivity index (χ3n) is 3.57. The molecule has 1 unspecified atom stereocenters.